The molecule has 1 aliphatic carbocycles. The van der Waals surface area contributed by atoms with Gasteiger partial charge in [0.25, 0.3) is 0 Å². The Kier molecular flexibility index (Phi) is 4.00. The number of fused-ring (bicyclic) bond motifs is 2. The number of imidazole rings is 2. The molecule has 0 amide bonds. The summed E-state index contributed by atoms with van der Waals surface area (Å²) >= 11 is -2.36. The van der Waals surface area contributed by atoms with Crippen LogP contribution in [0, 0.1) is 11.6 Å². The number of nitrogens with zero attached hydrogens (tertiary/aromatic N) is 4. The van der Waals surface area contributed by atoms with E-state index < -0.39 is 22.9 Å². The van der Waals surface area contributed by atoms with Gasteiger partial charge in [-0.15, -0.1) is 0 Å². The monoisotopic (exact) mass is 402 g/mol. The maximum Gasteiger partial charge on any atom is 0.216 e. The second-order valence-electron chi connectivity index (χ2n) is 6.76. The molecule has 2 aromatic carbocycles. The number of hydrogen-bond donors (Lipinski definition) is 1. The number of hydrogen-bond acceptors (Lipinski definition) is 4. The van der Waals surface area contributed by atoms with Crippen LogP contribution in [0.3, 0.4) is 0 Å². The summed E-state index contributed by atoms with van der Waals surface area (Å²) in [5.74, 6) is -1.31. The van der Waals surface area contributed by atoms with Gasteiger partial charge in [0.2, 0.25) is 5.95 Å². The zero-order valence-electron chi connectivity index (χ0n) is 14.4. The average Bonchev–Trinajstić information content (AvgIpc) is 3.32. The Bertz CT molecular complexity index is 1250. The SMILES string of the molecule is O=S([O-])NCc1ccc2ncn(-c3nc4cc(F)c(F)cc4n3C3CC3)c2c1. The minimum atomic E-state index is -2.36. The fourth-order valence-electron chi connectivity index (χ4n) is 3.41. The third-order valence-electron chi connectivity index (χ3n) is 4.85. The average molecular weight is 402 g/mol. The summed E-state index contributed by atoms with van der Waals surface area (Å²) in [6.07, 6.45) is 3.49. The van der Waals surface area contributed by atoms with E-state index in [0.717, 1.165) is 30.0 Å². The van der Waals surface area contributed by atoms with E-state index in [-0.39, 0.29) is 12.6 Å². The molecule has 0 radical (unpaired) electrons. The molecule has 2 heterocycles. The molecule has 4 aromatic rings. The molecular formula is C18H14F2N5O2S-. The summed E-state index contributed by atoms with van der Waals surface area (Å²) in [5, 5.41) is 0. The van der Waals surface area contributed by atoms with Gasteiger partial charge in [-0.2, -0.15) is 0 Å². The van der Waals surface area contributed by atoms with Crippen molar-refractivity contribution < 1.29 is 17.5 Å². The van der Waals surface area contributed by atoms with E-state index in [4.69, 9.17) is 0 Å². The molecule has 2 aromatic heterocycles. The lowest BCUT2D eigenvalue weighted by Crippen LogP contribution is -2.15. The summed E-state index contributed by atoms with van der Waals surface area (Å²) in [6.45, 7) is 0.146. The lowest BCUT2D eigenvalue weighted by atomic mass is 10.2. The minimum absolute atomic E-state index is 0.146. The molecular weight excluding hydrogens is 388 g/mol. The Morgan fingerprint density at radius 3 is 2.68 bits per heavy atom. The van der Waals surface area contributed by atoms with Gasteiger partial charge in [0.05, 0.1) is 22.1 Å². The largest absolute Gasteiger partial charge is 0.760 e. The molecule has 1 aliphatic rings. The third kappa shape index (κ3) is 2.89. The first-order valence-corrected chi connectivity index (χ1v) is 9.75. The number of aromatic nitrogens is 4. The van der Waals surface area contributed by atoms with Crippen LogP contribution in [0.4, 0.5) is 8.78 Å². The van der Waals surface area contributed by atoms with Gasteiger partial charge in [0, 0.05) is 36.0 Å². The number of halogens is 2. The van der Waals surface area contributed by atoms with Crippen molar-refractivity contribution in [3.05, 3.63) is 53.9 Å². The summed E-state index contributed by atoms with van der Waals surface area (Å²) < 4.78 is 55.0. The zero-order valence-corrected chi connectivity index (χ0v) is 15.2. The van der Waals surface area contributed by atoms with Crippen molar-refractivity contribution in [1.29, 1.82) is 0 Å². The maximum atomic E-state index is 13.8. The van der Waals surface area contributed by atoms with E-state index in [1.165, 1.54) is 6.07 Å². The van der Waals surface area contributed by atoms with Crippen LogP contribution in [0.2, 0.25) is 0 Å². The van der Waals surface area contributed by atoms with Crippen LogP contribution in [0.5, 0.6) is 0 Å². The molecule has 5 rings (SSSR count). The minimum Gasteiger partial charge on any atom is -0.760 e. The fraction of sp³-hybridized carbons (Fsp3) is 0.222. The van der Waals surface area contributed by atoms with E-state index in [2.05, 4.69) is 14.7 Å². The van der Waals surface area contributed by atoms with Crippen molar-refractivity contribution in [3.8, 4) is 5.95 Å². The standard InChI is InChI=1S/C18H15F2N5O2S/c19-12-6-15-17(7-13(12)20)25(11-2-3-11)18(23-15)24-9-21-14-4-1-10(5-16(14)24)8-22-28(26)27/h1,4-7,9,11,22H,2-3,8H2,(H,26,27)/p-1. The van der Waals surface area contributed by atoms with Crippen LogP contribution in [-0.4, -0.2) is 27.9 Å². The van der Waals surface area contributed by atoms with Gasteiger partial charge in [-0.25, -0.2) is 23.5 Å². The number of benzene rings is 2. The van der Waals surface area contributed by atoms with Crippen molar-refractivity contribution in [2.75, 3.05) is 0 Å². The smallest absolute Gasteiger partial charge is 0.216 e. The van der Waals surface area contributed by atoms with Crippen LogP contribution in [0.1, 0.15) is 24.4 Å². The highest BCUT2D eigenvalue weighted by atomic mass is 32.2. The maximum absolute atomic E-state index is 13.8. The highest BCUT2D eigenvalue weighted by molar-refractivity contribution is 7.77. The van der Waals surface area contributed by atoms with E-state index in [1.54, 1.807) is 23.0 Å². The van der Waals surface area contributed by atoms with Gasteiger partial charge in [0.15, 0.2) is 11.6 Å². The summed E-state index contributed by atoms with van der Waals surface area (Å²) in [4.78, 5) is 8.91. The summed E-state index contributed by atoms with van der Waals surface area (Å²) in [5.41, 5.74) is 3.11. The van der Waals surface area contributed by atoms with Gasteiger partial charge in [-0.1, -0.05) is 6.07 Å². The lowest BCUT2D eigenvalue weighted by Gasteiger charge is -2.10. The topological polar surface area (TPSA) is 87.8 Å². The Hall–Kier alpha value is -2.69. The fourth-order valence-corrected chi connectivity index (χ4v) is 3.69. The van der Waals surface area contributed by atoms with Crippen molar-refractivity contribution in [3.63, 3.8) is 0 Å². The van der Waals surface area contributed by atoms with E-state index >= 15 is 0 Å². The molecule has 28 heavy (non-hydrogen) atoms. The predicted molar refractivity (Wildman–Crippen MR) is 98.3 cm³/mol. The van der Waals surface area contributed by atoms with Gasteiger partial charge in [-0.05, 0) is 30.5 Å². The third-order valence-corrected chi connectivity index (χ3v) is 5.23. The van der Waals surface area contributed by atoms with Crippen LogP contribution >= 0.6 is 0 Å². The van der Waals surface area contributed by atoms with Crippen LogP contribution in [-0.2, 0) is 17.8 Å². The molecule has 1 saturated carbocycles. The van der Waals surface area contributed by atoms with E-state index in [0.29, 0.717) is 22.5 Å². The second kappa shape index (κ2) is 6.43. The normalized spacial score (nSPS) is 15.5. The first-order valence-electron chi connectivity index (χ1n) is 8.67. The second-order valence-corrected chi connectivity index (χ2v) is 7.52. The summed E-state index contributed by atoms with van der Waals surface area (Å²) in [7, 11) is 0. The molecule has 0 saturated heterocycles. The Morgan fingerprint density at radius 1 is 1.14 bits per heavy atom. The molecule has 0 aliphatic heterocycles. The first-order chi connectivity index (χ1) is 13.5. The number of nitrogens with one attached hydrogen (secondary N) is 1. The number of rotatable bonds is 5. The van der Waals surface area contributed by atoms with Crippen LogP contribution in [0.15, 0.2) is 36.7 Å². The Balaban J connectivity index is 1.69. The van der Waals surface area contributed by atoms with Crippen LogP contribution in [0.25, 0.3) is 28.0 Å². The highest BCUT2D eigenvalue weighted by Crippen LogP contribution is 2.40. The highest BCUT2D eigenvalue weighted by Gasteiger charge is 2.30. The summed E-state index contributed by atoms with van der Waals surface area (Å²) in [6, 6.07) is 7.85. The van der Waals surface area contributed by atoms with E-state index in [1.807, 2.05) is 10.6 Å². The van der Waals surface area contributed by atoms with Crippen molar-refractivity contribution in [1.82, 2.24) is 23.8 Å². The molecule has 144 valence electrons. The van der Waals surface area contributed by atoms with Gasteiger partial charge in [-0.3, -0.25) is 8.78 Å². The van der Waals surface area contributed by atoms with Crippen molar-refractivity contribution >= 4 is 33.3 Å². The first kappa shape index (κ1) is 17.4. The molecule has 0 bridgehead atoms. The quantitative estimate of drug-likeness (QED) is 0.520. The molecule has 1 N–H and O–H groups in total. The van der Waals surface area contributed by atoms with Crippen molar-refractivity contribution in [2.45, 2.75) is 25.4 Å². The molecule has 0 spiro atoms. The Labute approximate surface area is 160 Å². The van der Waals surface area contributed by atoms with E-state index in [9.17, 15) is 17.5 Å². The molecule has 1 fully saturated rings. The predicted octanol–water partition coefficient (Wildman–Crippen LogP) is 2.87. The molecule has 1 atom stereocenters. The zero-order chi connectivity index (χ0) is 19.4. The van der Waals surface area contributed by atoms with Gasteiger partial charge < -0.3 is 9.12 Å². The molecule has 1 unspecified atom stereocenters. The molecule has 10 heteroatoms. The van der Waals surface area contributed by atoms with Gasteiger partial charge in [0.1, 0.15) is 6.33 Å². The molecule has 7 nitrogen and oxygen atoms in total. The lowest BCUT2D eigenvalue weighted by molar-refractivity contribution is 0.510. The Morgan fingerprint density at radius 2 is 1.93 bits per heavy atom. The van der Waals surface area contributed by atoms with Crippen LogP contribution < -0.4 is 4.72 Å². The van der Waals surface area contributed by atoms with Gasteiger partial charge >= 0.3 is 0 Å². The van der Waals surface area contributed by atoms with Crippen molar-refractivity contribution in [2.24, 2.45) is 0 Å².